The highest BCUT2D eigenvalue weighted by Gasteiger charge is 2.16. The van der Waals surface area contributed by atoms with E-state index in [-0.39, 0.29) is 0 Å². The second-order valence-electron chi connectivity index (χ2n) is 4.71. The monoisotopic (exact) mass is 316 g/mol. The summed E-state index contributed by atoms with van der Waals surface area (Å²) in [5.74, 6) is 0. The third-order valence-electron chi connectivity index (χ3n) is 3.34. The van der Waals surface area contributed by atoms with Crippen molar-refractivity contribution < 1.29 is 0 Å². The van der Waals surface area contributed by atoms with Crippen molar-refractivity contribution in [2.75, 3.05) is 19.6 Å². The van der Waals surface area contributed by atoms with Gasteiger partial charge < -0.3 is 5.32 Å². The van der Waals surface area contributed by atoms with E-state index in [9.17, 15) is 0 Å². The van der Waals surface area contributed by atoms with E-state index in [0.29, 0.717) is 6.04 Å². The maximum absolute atomic E-state index is 3.63. The van der Waals surface area contributed by atoms with Crippen molar-refractivity contribution in [2.45, 2.75) is 38.8 Å². The van der Waals surface area contributed by atoms with Crippen molar-refractivity contribution in [2.24, 2.45) is 0 Å². The standard InChI is InChI=1S/C13H21BrN2S/c1-2-16(8-12-5-3-4-6-15-12)9-13-7-11(14)10-17-13/h7,10,12,15H,2-6,8-9H2,1H3. The van der Waals surface area contributed by atoms with Crippen LogP contribution in [0, 0.1) is 0 Å². The molecular weight excluding hydrogens is 296 g/mol. The van der Waals surface area contributed by atoms with Gasteiger partial charge in [-0.15, -0.1) is 11.3 Å². The van der Waals surface area contributed by atoms with E-state index in [1.165, 1.54) is 41.7 Å². The minimum Gasteiger partial charge on any atom is -0.313 e. The van der Waals surface area contributed by atoms with Gasteiger partial charge >= 0.3 is 0 Å². The average Bonchev–Trinajstić information content (AvgIpc) is 2.75. The van der Waals surface area contributed by atoms with E-state index in [4.69, 9.17) is 0 Å². The number of hydrogen-bond donors (Lipinski definition) is 1. The van der Waals surface area contributed by atoms with Crippen molar-refractivity contribution in [3.05, 3.63) is 20.8 Å². The molecule has 0 amide bonds. The molecule has 1 atom stereocenters. The summed E-state index contributed by atoms with van der Waals surface area (Å²) in [6, 6.07) is 2.94. The molecule has 2 heterocycles. The van der Waals surface area contributed by atoms with Gasteiger partial charge in [0.05, 0.1) is 0 Å². The number of likely N-dealkylation sites (N-methyl/N-ethyl adjacent to an activating group) is 1. The lowest BCUT2D eigenvalue weighted by molar-refractivity contribution is 0.228. The lowest BCUT2D eigenvalue weighted by Crippen LogP contribution is -2.43. The Morgan fingerprint density at radius 2 is 2.41 bits per heavy atom. The van der Waals surface area contributed by atoms with Crippen LogP contribution < -0.4 is 5.32 Å². The van der Waals surface area contributed by atoms with Gasteiger partial charge in [-0.25, -0.2) is 0 Å². The number of hydrogen-bond acceptors (Lipinski definition) is 3. The van der Waals surface area contributed by atoms with Gasteiger partial charge in [0.2, 0.25) is 0 Å². The molecule has 0 saturated carbocycles. The maximum atomic E-state index is 3.63. The largest absolute Gasteiger partial charge is 0.313 e. The normalized spacial score (nSPS) is 21.0. The molecule has 0 aliphatic carbocycles. The summed E-state index contributed by atoms with van der Waals surface area (Å²) in [5, 5.41) is 5.80. The summed E-state index contributed by atoms with van der Waals surface area (Å²) >= 11 is 5.37. The lowest BCUT2D eigenvalue weighted by atomic mass is 10.0. The molecule has 2 nitrogen and oxygen atoms in total. The van der Waals surface area contributed by atoms with Gasteiger partial charge in [0.15, 0.2) is 0 Å². The summed E-state index contributed by atoms with van der Waals surface area (Å²) in [4.78, 5) is 4.00. The molecule has 1 aliphatic heterocycles. The Balaban J connectivity index is 1.83. The van der Waals surface area contributed by atoms with Crippen LogP contribution in [0.15, 0.2) is 15.9 Å². The first-order chi connectivity index (χ1) is 8.28. The van der Waals surface area contributed by atoms with Crippen LogP contribution >= 0.6 is 27.3 Å². The topological polar surface area (TPSA) is 15.3 Å². The van der Waals surface area contributed by atoms with Crippen molar-refractivity contribution >= 4 is 27.3 Å². The predicted molar refractivity (Wildman–Crippen MR) is 78.6 cm³/mol. The molecule has 0 bridgehead atoms. The molecule has 0 spiro atoms. The summed E-state index contributed by atoms with van der Waals surface area (Å²) in [7, 11) is 0. The van der Waals surface area contributed by atoms with E-state index < -0.39 is 0 Å². The van der Waals surface area contributed by atoms with Crippen LogP contribution in [0.2, 0.25) is 0 Å². The van der Waals surface area contributed by atoms with Gasteiger partial charge in [0.25, 0.3) is 0 Å². The Morgan fingerprint density at radius 3 is 3.00 bits per heavy atom. The fourth-order valence-electron chi connectivity index (χ4n) is 2.35. The molecule has 1 fully saturated rings. The highest BCUT2D eigenvalue weighted by molar-refractivity contribution is 9.10. The number of rotatable bonds is 5. The van der Waals surface area contributed by atoms with E-state index in [2.05, 4.69) is 44.5 Å². The number of nitrogens with one attached hydrogen (secondary N) is 1. The Bertz CT molecular complexity index is 334. The third-order valence-corrected chi connectivity index (χ3v) is 5.02. The van der Waals surface area contributed by atoms with Crippen molar-refractivity contribution in [1.29, 1.82) is 0 Å². The Hall–Kier alpha value is 0.1000. The van der Waals surface area contributed by atoms with Gasteiger partial charge in [-0.05, 0) is 47.9 Å². The number of thiophene rings is 1. The molecule has 1 N–H and O–H groups in total. The van der Waals surface area contributed by atoms with E-state index in [0.717, 1.165) is 13.1 Å². The van der Waals surface area contributed by atoms with E-state index in [1.54, 1.807) is 0 Å². The molecule has 96 valence electrons. The molecule has 4 heteroatoms. The van der Waals surface area contributed by atoms with Crippen LogP contribution in [0.4, 0.5) is 0 Å². The molecule has 1 aromatic rings. The molecule has 17 heavy (non-hydrogen) atoms. The van der Waals surface area contributed by atoms with Gasteiger partial charge in [-0.2, -0.15) is 0 Å². The van der Waals surface area contributed by atoms with Crippen LogP contribution in [0.25, 0.3) is 0 Å². The van der Waals surface area contributed by atoms with Crippen LogP contribution in [0.1, 0.15) is 31.1 Å². The fourth-order valence-corrected chi connectivity index (χ4v) is 3.85. The number of nitrogens with zero attached hydrogens (tertiary/aromatic N) is 1. The molecule has 2 rings (SSSR count). The molecule has 1 unspecified atom stereocenters. The molecular formula is C13H21BrN2S. The van der Waals surface area contributed by atoms with Gasteiger partial charge in [0, 0.05) is 33.9 Å². The summed E-state index contributed by atoms with van der Waals surface area (Å²) in [5.41, 5.74) is 0. The first-order valence-corrected chi connectivity index (χ1v) is 8.14. The molecule has 0 aromatic carbocycles. The quantitative estimate of drug-likeness (QED) is 0.894. The van der Waals surface area contributed by atoms with Crippen LogP contribution in [0.5, 0.6) is 0 Å². The minimum atomic E-state index is 0.701. The van der Waals surface area contributed by atoms with Gasteiger partial charge in [0.1, 0.15) is 0 Å². The lowest BCUT2D eigenvalue weighted by Gasteiger charge is -2.29. The molecule has 0 radical (unpaired) electrons. The summed E-state index contributed by atoms with van der Waals surface area (Å²) in [6.45, 7) is 6.86. The fraction of sp³-hybridized carbons (Fsp3) is 0.692. The first kappa shape index (κ1) is 13.5. The van der Waals surface area contributed by atoms with Crippen molar-refractivity contribution in [3.63, 3.8) is 0 Å². The predicted octanol–water partition coefficient (Wildman–Crippen LogP) is 3.47. The zero-order valence-electron chi connectivity index (χ0n) is 10.4. The molecule has 1 saturated heterocycles. The van der Waals surface area contributed by atoms with E-state index in [1.807, 2.05) is 11.3 Å². The maximum Gasteiger partial charge on any atom is 0.0328 e. The minimum absolute atomic E-state index is 0.701. The third kappa shape index (κ3) is 4.36. The Morgan fingerprint density at radius 1 is 1.53 bits per heavy atom. The second kappa shape index (κ2) is 6.88. The molecule has 1 aliphatic rings. The highest BCUT2D eigenvalue weighted by Crippen LogP contribution is 2.21. The zero-order valence-corrected chi connectivity index (χ0v) is 12.8. The van der Waals surface area contributed by atoms with Crippen molar-refractivity contribution in [1.82, 2.24) is 10.2 Å². The zero-order chi connectivity index (χ0) is 12.1. The van der Waals surface area contributed by atoms with E-state index >= 15 is 0 Å². The summed E-state index contributed by atoms with van der Waals surface area (Å²) in [6.07, 6.45) is 4.07. The first-order valence-electron chi connectivity index (χ1n) is 6.46. The van der Waals surface area contributed by atoms with Crippen LogP contribution in [-0.4, -0.2) is 30.6 Å². The van der Waals surface area contributed by atoms with Crippen LogP contribution in [0.3, 0.4) is 0 Å². The second-order valence-corrected chi connectivity index (χ2v) is 6.62. The van der Waals surface area contributed by atoms with Gasteiger partial charge in [-0.1, -0.05) is 13.3 Å². The molecule has 1 aromatic heterocycles. The average molecular weight is 317 g/mol. The Kier molecular flexibility index (Phi) is 5.48. The Labute approximate surface area is 117 Å². The summed E-state index contributed by atoms with van der Waals surface area (Å²) < 4.78 is 1.21. The number of halogens is 1. The number of piperidine rings is 1. The van der Waals surface area contributed by atoms with Crippen LogP contribution in [-0.2, 0) is 6.54 Å². The SMILES string of the molecule is CCN(Cc1cc(Br)cs1)CC1CCCCN1. The highest BCUT2D eigenvalue weighted by atomic mass is 79.9. The van der Waals surface area contributed by atoms with Gasteiger partial charge in [-0.3, -0.25) is 4.90 Å². The van der Waals surface area contributed by atoms with Crippen molar-refractivity contribution in [3.8, 4) is 0 Å². The smallest absolute Gasteiger partial charge is 0.0328 e.